The molecule has 0 spiro atoms. The Labute approximate surface area is 196 Å². The zero-order valence-corrected chi connectivity index (χ0v) is 18.7. The Morgan fingerprint density at radius 1 is 1.06 bits per heavy atom. The molecule has 1 N–H and O–H groups in total. The maximum atomic E-state index is 13.8. The topological polar surface area (TPSA) is 58.1 Å². The van der Waals surface area contributed by atoms with Crippen LogP contribution < -0.4 is 5.32 Å². The number of aryl methyl sites for hydroxylation is 1. The van der Waals surface area contributed by atoms with Gasteiger partial charge in [0.05, 0.1) is 5.56 Å². The summed E-state index contributed by atoms with van der Waals surface area (Å²) in [6, 6.07) is 15.8. The first-order valence-corrected chi connectivity index (χ1v) is 11.4. The number of nitrogens with zero attached hydrogens (tertiary/aromatic N) is 3. The number of carbonyl (C=O) groups is 1. The number of hydrogen-bond acceptors (Lipinski definition) is 4. The minimum Gasteiger partial charge on any atom is -0.368 e. The van der Waals surface area contributed by atoms with Crippen LogP contribution in [0.4, 0.5) is 19.0 Å². The van der Waals surface area contributed by atoms with Gasteiger partial charge in [0, 0.05) is 36.6 Å². The second kappa shape index (κ2) is 8.74. The second-order valence-corrected chi connectivity index (χ2v) is 9.13. The highest BCUT2D eigenvalue weighted by Gasteiger charge is 2.47. The predicted molar refractivity (Wildman–Crippen MR) is 123 cm³/mol. The van der Waals surface area contributed by atoms with Crippen molar-refractivity contribution < 1.29 is 18.0 Å². The molecule has 5 rings (SSSR count). The molecule has 1 amide bonds. The van der Waals surface area contributed by atoms with Crippen molar-refractivity contribution in [1.29, 1.82) is 0 Å². The average Bonchev–Trinajstić information content (AvgIpc) is 3.60. The summed E-state index contributed by atoms with van der Waals surface area (Å²) in [7, 11) is 0. The van der Waals surface area contributed by atoms with Gasteiger partial charge in [0.25, 0.3) is 5.91 Å². The number of halogens is 3. The van der Waals surface area contributed by atoms with E-state index in [4.69, 9.17) is 0 Å². The Morgan fingerprint density at radius 3 is 2.56 bits per heavy atom. The molecule has 1 aromatic carbocycles. The molecule has 34 heavy (non-hydrogen) atoms. The molecule has 3 atom stereocenters. The Bertz CT molecular complexity index is 1180. The van der Waals surface area contributed by atoms with E-state index in [9.17, 15) is 18.0 Å². The van der Waals surface area contributed by atoms with E-state index in [1.165, 1.54) is 6.07 Å². The van der Waals surface area contributed by atoms with Crippen molar-refractivity contribution in [2.75, 3.05) is 18.4 Å². The average molecular weight is 467 g/mol. The molecule has 1 saturated heterocycles. The Balaban J connectivity index is 1.37. The summed E-state index contributed by atoms with van der Waals surface area (Å²) in [5.41, 5.74) is 2.15. The first kappa shape index (κ1) is 22.4. The largest absolute Gasteiger partial charge is 0.417 e. The number of carbonyl (C=O) groups excluding carboxylic acids is 1. The maximum absolute atomic E-state index is 13.8. The third-order valence-corrected chi connectivity index (χ3v) is 6.71. The smallest absolute Gasteiger partial charge is 0.368 e. The van der Waals surface area contributed by atoms with Crippen molar-refractivity contribution in [3.05, 3.63) is 77.7 Å². The molecule has 1 unspecified atom stereocenters. The monoisotopic (exact) mass is 466 g/mol. The third kappa shape index (κ3) is 4.62. The molecule has 176 valence electrons. The van der Waals surface area contributed by atoms with E-state index in [0.29, 0.717) is 36.4 Å². The lowest BCUT2D eigenvalue weighted by Gasteiger charge is -2.36. The molecule has 2 fully saturated rings. The molecule has 8 heteroatoms. The van der Waals surface area contributed by atoms with Crippen LogP contribution >= 0.6 is 0 Å². The fourth-order valence-electron chi connectivity index (χ4n) is 4.74. The normalized spacial score (nSPS) is 21.6. The van der Waals surface area contributed by atoms with Crippen LogP contribution in [0, 0.1) is 18.8 Å². The number of rotatable bonds is 5. The number of likely N-dealkylation sites (tertiary alicyclic amines) is 1. The fourth-order valence-corrected chi connectivity index (χ4v) is 4.74. The molecule has 5 nitrogen and oxygen atoms in total. The first-order chi connectivity index (χ1) is 16.3. The fraction of sp³-hybridized carbons (Fsp3) is 0.346. The molecule has 3 aromatic rings. The zero-order valence-electron chi connectivity index (χ0n) is 18.7. The Kier molecular flexibility index (Phi) is 5.75. The van der Waals surface area contributed by atoms with E-state index in [0.717, 1.165) is 41.9 Å². The van der Waals surface area contributed by atoms with Crippen LogP contribution in [0.3, 0.4) is 0 Å². The van der Waals surface area contributed by atoms with Crippen molar-refractivity contribution in [3.63, 3.8) is 0 Å². The van der Waals surface area contributed by atoms with Gasteiger partial charge in [-0.3, -0.25) is 4.79 Å². The lowest BCUT2D eigenvalue weighted by atomic mass is 9.98. The number of hydrogen-bond donors (Lipinski definition) is 1. The number of aromatic nitrogens is 2. The van der Waals surface area contributed by atoms with Gasteiger partial charge in [-0.1, -0.05) is 36.4 Å². The number of nitrogens with one attached hydrogen (secondary N) is 1. The Hall–Kier alpha value is -3.42. The van der Waals surface area contributed by atoms with E-state index in [2.05, 4.69) is 15.3 Å². The molecule has 3 heterocycles. The molecule has 1 saturated carbocycles. The molecule has 0 bridgehead atoms. The highest BCUT2D eigenvalue weighted by atomic mass is 19.4. The molecule has 2 aliphatic rings. The second-order valence-electron chi connectivity index (χ2n) is 9.13. The number of fused-ring (bicyclic) bond motifs is 1. The molecule has 2 aromatic heterocycles. The predicted octanol–water partition coefficient (Wildman–Crippen LogP) is 5.43. The molecule has 0 radical (unpaired) electrons. The number of amides is 1. The quantitative estimate of drug-likeness (QED) is 0.545. The summed E-state index contributed by atoms with van der Waals surface area (Å²) < 4.78 is 38.5. The van der Waals surface area contributed by atoms with E-state index >= 15 is 0 Å². The SMILES string of the molecule is Cc1ccc(-c2ccccc2)c(C(=O)N2C[C@@H]3C[C@@H]3CC2CNc2ccc(C(F)(F)F)cn2)n1. The van der Waals surface area contributed by atoms with Crippen molar-refractivity contribution in [1.82, 2.24) is 14.9 Å². The van der Waals surface area contributed by atoms with Crippen molar-refractivity contribution in [3.8, 4) is 11.1 Å². The van der Waals surface area contributed by atoms with Gasteiger partial charge in [-0.15, -0.1) is 0 Å². The third-order valence-electron chi connectivity index (χ3n) is 6.71. The van der Waals surface area contributed by atoms with Gasteiger partial charge in [0.15, 0.2) is 0 Å². The summed E-state index contributed by atoms with van der Waals surface area (Å²) in [4.78, 5) is 24.2. The number of benzene rings is 1. The minimum absolute atomic E-state index is 0.0914. The number of piperidine rings is 1. The maximum Gasteiger partial charge on any atom is 0.417 e. The van der Waals surface area contributed by atoms with Crippen LogP contribution in [0.15, 0.2) is 60.8 Å². The number of alkyl halides is 3. The molecule has 1 aliphatic carbocycles. The van der Waals surface area contributed by atoms with Gasteiger partial charge in [-0.05, 0) is 55.4 Å². The van der Waals surface area contributed by atoms with Gasteiger partial charge in [-0.2, -0.15) is 13.2 Å². The highest BCUT2D eigenvalue weighted by Crippen LogP contribution is 2.47. The van der Waals surface area contributed by atoms with Crippen LogP contribution in [0.25, 0.3) is 11.1 Å². The van der Waals surface area contributed by atoms with Gasteiger partial charge in [0.2, 0.25) is 0 Å². The molecular weight excluding hydrogens is 441 g/mol. The number of pyridine rings is 2. The first-order valence-electron chi connectivity index (χ1n) is 11.4. The summed E-state index contributed by atoms with van der Waals surface area (Å²) >= 11 is 0. The van der Waals surface area contributed by atoms with Gasteiger partial charge < -0.3 is 10.2 Å². The standard InChI is InChI=1S/C26H25F3N4O/c1-16-7-9-22(17-5-3-2-4-6-17)24(32-16)25(34)33-15-19-11-18(19)12-21(33)14-31-23-10-8-20(13-30-23)26(27,28)29/h2-10,13,18-19,21H,11-12,14-15H2,1H3,(H,30,31)/t18-,19+,21?/m1/s1. The van der Waals surface area contributed by atoms with Crippen molar-refractivity contribution in [2.45, 2.75) is 32.0 Å². The lowest BCUT2D eigenvalue weighted by Crippen LogP contribution is -2.48. The summed E-state index contributed by atoms with van der Waals surface area (Å²) in [6.45, 7) is 2.95. The van der Waals surface area contributed by atoms with Crippen LogP contribution in [0.5, 0.6) is 0 Å². The zero-order chi connectivity index (χ0) is 23.9. The summed E-state index contributed by atoms with van der Waals surface area (Å²) in [5.74, 6) is 1.35. The van der Waals surface area contributed by atoms with E-state index in [-0.39, 0.29) is 11.9 Å². The Morgan fingerprint density at radius 2 is 1.85 bits per heavy atom. The van der Waals surface area contributed by atoms with Crippen LogP contribution in [0.1, 0.15) is 34.6 Å². The molecule has 1 aliphatic heterocycles. The van der Waals surface area contributed by atoms with Crippen molar-refractivity contribution >= 4 is 11.7 Å². The van der Waals surface area contributed by atoms with Gasteiger partial charge in [-0.25, -0.2) is 9.97 Å². The summed E-state index contributed by atoms with van der Waals surface area (Å²) in [6.07, 6.45) is -1.63. The van der Waals surface area contributed by atoms with E-state index < -0.39 is 11.7 Å². The van der Waals surface area contributed by atoms with Crippen molar-refractivity contribution in [2.24, 2.45) is 11.8 Å². The van der Waals surface area contributed by atoms with Gasteiger partial charge >= 0.3 is 6.18 Å². The lowest BCUT2D eigenvalue weighted by molar-refractivity contribution is -0.137. The van der Waals surface area contributed by atoms with E-state index in [1.807, 2.05) is 54.3 Å². The minimum atomic E-state index is -4.42. The van der Waals surface area contributed by atoms with Crippen LogP contribution in [-0.4, -0.2) is 39.9 Å². The van der Waals surface area contributed by atoms with E-state index in [1.54, 1.807) is 0 Å². The van der Waals surface area contributed by atoms with Gasteiger partial charge in [0.1, 0.15) is 11.5 Å². The van der Waals surface area contributed by atoms with Crippen LogP contribution in [-0.2, 0) is 6.18 Å². The number of anilines is 1. The summed E-state index contributed by atoms with van der Waals surface area (Å²) in [5, 5.41) is 3.13. The highest BCUT2D eigenvalue weighted by molar-refractivity contribution is 5.99. The molecular formula is C26H25F3N4O. The van der Waals surface area contributed by atoms with Crippen LogP contribution in [0.2, 0.25) is 0 Å².